The fourth-order valence-electron chi connectivity index (χ4n) is 1.87. The predicted molar refractivity (Wildman–Crippen MR) is 79.3 cm³/mol. The summed E-state index contributed by atoms with van der Waals surface area (Å²) in [6, 6.07) is 8.48. The number of phenols is 1. The molecular weight excluding hydrogens is 347 g/mol. The van der Waals surface area contributed by atoms with E-state index in [1.807, 2.05) is 0 Å². The van der Waals surface area contributed by atoms with Gasteiger partial charge in [-0.2, -0.15) is 13.2 Å². The number of phenolic OH excluding ortho intramolecular Hbond substituents is 1. The molecule has 0 aliphatic heterocycles. The number of aromatic hydroxyl groups is 1. The van der Waals surface area contributed by atoms with Gasteiger partial charge in [0.25, 0.3) is 0 Å². The molecule has 2 aromatic rings. The van der Waals surface area contributed by atoms with Crippen molar-refractivity contribution in [2.24, 2.45) is 0 Å². The van der Waals surface area contributed by atoms with E-state index >= 15 is 0 Å². The number of hydrogen-bond donors (Lipinski definition) is 2. The molecule has 6 heteroatoms. The van der Waals surface area contributed by atoms with E-state index < -0.39 is 11.7 Å². The van der Waals surface area contributed by atoms with Crippen LogP contribution in [0.3, 0.4) is 0 Å². The molecule has 2 N–H and O–H groups in total. The number of rotatable bonds is 3. The summed E-state index contributed by atoms with van der Waals surface area (Å²) in [7, 11) is 0. The Labute approximate surface area is 128 Å². The lowest BCUT2D eigenvalue weighted by Crippen LogP contribution is -2.07. The van der Waals surface area contributed by atoms with Crippen molar-refractivity contribution >= 4 is 21.6 Å². The van der Waals surface area contributed by atoms with Crippen molar-refractivity contribution in [2.75, 3.05) is 5.32 Å². The van der Waals surface area contributed by atoms with Gasteiger partial charge in [-0.25, -0.2) is 0 Å². The largest absolute Gasteiger partial charge is 0.508 e. The van der Waals surface area contributed by atoms with Gasteiger partial charge >= 0.3 is 6.18 Å². The van der Waals surface area contributed by atoms with Gasteiger partial charge in [-0.1, -0.05) is 22.0 Å². The first kappa shape index (κ1) is 15.7. The van der Waals surface area contributed by atoms with E-state index in [0.29, 0.717) is 16.8 Å². The standard InChI is InChI=1S/C15H13BrF3NO/c1-9-2-3-11(15(17,18)19)7-13(9)20-8-10-6-12(16)4-5-14(10)21/h2-7,20-21H,8H2,1H3. The van der Waals surface area contributed by atoms with E-state index in [0.717, 1.165) is 16.6 Å². The first-order valence-electron chi connectivity index (χ1n) is 6.16. The fraction of sp³-hybridized carbons (Fsp3) is 0.200. The van der Waals surface area contributed by atoms with Crippen LogP contribution in [0.4, 0.5) is 18.9 Å². The van der Waals surface area contributed by atoms with Crippen molar-refractivity contribution in [3.8, 4) is 5.75 Å². The number of benzene rings is 2. The zero-order valence-corrected chi connectivity index (χ0v) is 12.7. The molecule has 0 bridgehead atoms. The number of aryl methyl sites for hydroxylation is 1. The van der Waals surface area contributed by atoms with Crippen LogP contribution < -0.4 is 5.32 Å². The maximum atomic E-state index is 12.7. The van der Waals surface area contributed by atoms with Crippen molar-refractivity contribution in [2.45, 2.75) is 19.6 Å². The molecule has 2 nitrogen and oxygen atoms in total. The molecule has 2 rings (SSSR count). The minimum absolute atomic E-state index is 0.0929. The summed E-state index contributed by atoms with van der Waals surface area (Å²) >= 11 is 3.29. The van der Waals surface area contributed by atoms with Gasteiger partial charge in [-0.05, 0) is 42.8 Å². The minimum atomic E-state index is -4.37. The Morgan fingerprint density at radius 3 is 2.52 bits per heavy atom. The second kappa shape index (κ2) is 5.97. The van der Waals surface area contributed by atoms with Crippen molar-refractivity contribution in [3.63, 3.8) is 0 Å². The molecule has 0 spiro atoms. The Balaban J connectivity index is 2.22. The van der Waals surface area contributed by atoms with Crippen molar-refractivity contribution in [3.05, 3.63) is 57.6 Å². The normalized spacial score (nSPS) is 11.5. The van der Waals surface area contributed by atoms with Crippen LogP contribution in [0.25, 0.3) is 0 Å². The van der Waals surface area contributed by atoms with Crippen molar-refractivity contribution in [1.82, 2.24) is 0 Å². The van der Waals surface area contributed by atoms with Crippen molar-refractivity contribution in [1.29, 1.82) is 0 Å². The number of nitrogens with one attached hydrogen (secondary N) is 1. The maximum absolute atomic E-state index is 12.7. The summed E-state index contributed by atoms with van der Waals surface area (Å²) in [6.45, 7) is 1.96. The SMILES string of the molecule is Cc1ccc(C(F)(F)F)cc1NCc1cc(Br)ccc1O. The number of halogens is 4. The summed E-state index contributed by atoms with van der Waals surface area (Å²) in [4.78, 5) is 0. The van der Waals surface area contributed by atoms with Gasteiger partial charge in [0.15, 0.2) is 0 Å². The highest BCUT2D eigenvalue weighted by Crippen LogP contribution is 2.32. The van der Waals surface area contributed by atoms with Crippen LogP contribution in [0.5, 0.6) is 5.75 Å². The average Bonchev–Trinajstić information content (AvgIpc) is 2.40. The first-order valence-corrected chi connectivity index (χ1v) is 6.96. The summed E-state index contributed by atoms with van der Waals surface area (Å²) in [5, 5.41) is 12.7. The van der Waals surface area contributed by atoms with E-state index in [-0.39, 0.29) is 12.3 Å². The Morgan fingerprint density at radius 1 is 1.14 bits per heavy atom. The first-order chi connectivity index (χ1) is 9.77. The van der Waals surface area contributed by atoms with Crippen LogP contribution in [-0.4, -0.2) is 5.11 Å². The molecular formula is C15H13BrF3NO. The Kier molecular flexibility index (Phi) is 4.46. The highest BCUT2D eigenvalue weighted by molar-refractivity contribution is 9.10. The molecule has 0 atom stereocenters. The molecule has 0 aromatic heterocycles. The van der Waals surface area contributed by atoms with Crippen LogP contribution in [0.2, 0.25) is 0 Å². The molecule has 0 amide bonds. The number of alkyl halides is 3. The zero-order valence-electron chi connectivity index (χ0n) is 11.1. The molecule has 0 fully saturated rings. The highest BCUT2D eigenvalue weighted by atomic mass is 79.9. The fourth-order valence-corrected chi connectivity index (χ4v) is 2.28. The van der Waals surface area contributed by atoms with Gasteiger partial charge in [0, 0.05) is 22.3 Å². The lowest BCUT2D eigenvalue weighted by atomic mass is 10.1. The molecule has 0 saturated carbocycles. The Morgan fingerprint density at radius 2 is 1.86 bits per heavy atom. The van der Waals surface area contributed by atoms with Gasteiger partial charge in [0.1, 0.15) is 5.75 Å². The quantitative estimate of drug-likeness (QED) is 0.799. The molecule has 0 aliphatic rings. The van der Waals surface area contributed by atoms with Gasteiger partial charge in [-0.15, -0.1) is 0 Å². The summed E-state index contributed by atoms with van der Waals surface area (Å²) in [6.07, 6.45) is -4.37. The van der Waals surface area contributed by atoms with E-state index in [9.17, 15) is 18.3 Å². The smallest absolute Gasteiger partial charge is 0.416 e. The lowest BCUT2D eigenvalue weighted by molar-refractivity contribution is -0.137. The number of anilines is 1. The average molecular weight is 360 g/mol. The van der Waals surface area contributed by atoms with Gasteiger partial charge in [0.05, 0.1) is 5.56 Å². The topological polar surface area (TPSA) is 32.3 Å². The summed E-state index contributed by atoms with van der Waals surface area (Å²) in [5.41, 5.74) is 0.997. The third kappa shape index (κ3) is 3.91. The van der Waals surface area contributed by atoms with E-state index in [1.165, 1.54) is 12.1 Å². The third-order valence-corrected chi connectivity index (χ3v) is 3.57. The van der Waals surface area contributed by atoms with E-state index in [4.69, 9.17) is 0 Å². The predicted octanol–water partition coefficient (Wildman–Crippen LogP) is 5.09. The molecule has 2 aromatic carbocycles. The van der Waals surface area contributed by atoms with Crippen LogP contribution >= 0.6 is 15.9 Å². The van der Waals surface area contributed by atoms with Gasteiger partial charge < -0.3 is 10.4 Å². The Hall–Kier alpha value is -1.69. The van der Waals surface area contributed by atoms with Crippen LogP contribution in [0.1, 0.15) is 16.7 Å². The van der Waals surface area contributed by atoms with E-state index in [1.54, 1.807) is 19.1 Å². The molecule has 0 heterocycles. The lowest BCUT2D eigenvalue weighted by Gasteiger charge is -2.14. The molecule has 0 aliphatic carbocycles. The van der Waals surface area contributed by atoms with Crippen molar-refractivity contribution < 1.29 is 18.3 Å². The highest BCUT2D eigenvalue weighted by Gasteiger charge is 2.30. The Bertz CT molecular complexity index is 656. The van der Waals surface area contributed by atoms with E-state index in [2.05, 4.69) is 21.2 Å². The number of hydrogen-bond acceptors (Lipinski definition) is 2. The second-order valence-electron chi connectivity index (χ2n) is 4.65. The van der Waals surface area contributed by atoms with Crippen LogP contribution in [0, 0.1) is 6.92 Å². The molecule has 112 valence electrons. The second-order valence-corrected chi connectivity index (χ2v) is 5.57. The molecule has 0 unspecified atom stereocenters. The van der Waals surface area contributed by atoms with Gasteiger partial charge in [0.2, 0.25) is 0 Å². The molecule has 0 radical (unpaired) electrons. The summed E-state index contributed by atoms with van der Waals surface area (Å²) < 4.78 is 38.9. The van der Waals surface area contributed by atoms with Crippen LogP contribution in [-0.2, 0) is 12.7 Å². The molecule has 21 heavy (non-hydrogen) atoms. The zero-order chi connectivity index (χ0) is 15.6. The maximum Gasteiger partial charge on any atom is 0.416 e. The monoisotopic (exact) mass is 359 g/mol. The van der Waals surface area contributed by atoms with Gasteiger partial charge in [-0.3, -0.25) is 0 Å². The van der Waals surface area contributed by atoms with Crippen LogP contribution in [0.15, 0.2) is 40.9 Å². The molecule has 0 saturated heterocycles. The summed E-state index contributed by atoms with van der Waals surface area (Å²) in [5.74, 6) is 0.0929. The third-order valence-electron chi connectivity index (χ3n) is 3.08. The minimum Gasteiger partial charge on any atom is -0.508 e.